The molecule has 0 spiro atoms. The highest BCUT2D eigenvalue weighted by Gasteiger charge is 2.43. The molecular formula is C17H28N4O. The topological polar surface area (TPSA) is 50.2 Å². The number of rotatable bonds is 7. The number of carbonyl (C=O) groups excluding carboxylic acids is 1. The van der Waals surface area contributed by atoms with E-state index < -0.39 is 0 Å². The van der Waals surface area contributed by atoms with Crippen LogP contribution in [-0.4, -0.2) is 46.8 Å². The Balaban J connectivity index is 1.37. The molecule has 5 heteroatoms. The van der Waals surface area contributed by atoms with Crippen LogP contribution in [0.1, 0.15) is 44.9 Å². The minimum atomic E-state index is 0.214. The molecule has 5 nitrogen and oxygen atoms in total. The molecule has 2 heterocycles. The highest BCUT2D eigenvalue weighted by molar-refractivity contribution is 5.76. The normalized spacial score (nSPS) is 24.1. The summed E-state index contributed by atoms with van der Waals surface area (Å²) in [5.41, 5.74) is 0.253. The van der Waals surface area contributed by atoms with Gasteiger partial charge >= 0.3 is 0 Å². The molecule has 122 valence electrons. The van der Waals surface area contributed by atoms with Crippen molar-refractivity contribution in [2.75, 3.05) is 20.1 Å². The van der Waals surface area contributed by atoms with Gasteiger partial charge in [0.2, 0.25) is 5.91 Å². The summed E-state index contributed by atoms with van der Waals surface area (Å²) in [7, 11) is 2.19. The van der Waals surface area contributed by atoms with Gasteiger partial charge in [-0.3, -0.25) is 9.48 Å². The number of aromatic nitrogens is 2. The molecule has 1 atom stereocenters. The predicted molar refractivity (Wildman–Crippen MR) is 86.4 cm³/mol. The van der Waals surface area contributed by atoms with Crippen molar-refractivity contribution >= 4 is 5.91 Å². The number of likely N-dealkylation sites (tertiary alicyclic amines) is 1. The van der Waals surface area contributed by atoms with Crippen molar-refractivity contribution in [3.8, 4) is 0 Å². The summed E-state index contributed by atoms with van der Waals surface area (Å²) in [5, 5.41) is 7.43. The van der Waals surface area contributed by atoms with Gasteiger partial charge in [0, 0.05) is 43.4 Å². The van der Waals surface area contributed by atoms with Crippen molar-refractivity contribution in [1.29, 1.82) is 0 Å². The molecule has 0 radical (unpaired) electrons. The second-order valence-electron chi connectivity index (χ2n) is 7.15. The predicted octanol–water partition coefficient (Wildman–Crippen LogP) is 2.04. The van der Waals surface area contributed by atoms with Crippen molar-refractivity contribution in [3.05, 3.63) is 18.5 Å². The molecule has 1 aromatic heterocycles. The maximum atomic E-state index is 12.1. The second kappa shape index (κ2) is 6.82. The standard InChI is InChI=1S/C17H28N4O/c1-20-11-3-2-5-15(20)6-7-16(22)18-13-17(8-9-17)14-21-12-4-10-19-21/h4,10,12,15H,2-3,5-9,11,13-14H2,1H3,(H,18,22)/t15-/m1/s1. The summed E-state index contributed by atoms with van der Waals surface area (Å²) < 4.78 is 1.98. The van der Waals surface area contributed by atoms with Gasteiger partial charge in [0.15, 0.2) is 0 Å². The molecule has 1 aliphatic carbocycles. The van der Waals surface area contributed by atoms with Gasteiger partial charge in [0.05, 0.1) is 0 Å². The number of carbonyl (C=O) groups is 1. The van der Waals surface area contributed by atoms with Crippen LogP contribution in [0.5, 0.6) is 0 Å². The number of hydrogen-bond acceptors (Lipinski definition) is 3. The Morgan fingerprint density at radius 2 is 2.27 bits per heavy atom. The molecule has 0 bridgehead atoms. The van der Waals surface area contributed by atoms with E-state index in [1.807, 2.05) is 23.1 Å². The Morgan fingerprint density at radius 1 is 1.41 bits per heavy atom. The fraction of sp³-hybridized carbons (Fsp3) is 0.765. The van der Waals surface area contributed by atoms with E-state index in [-0.39, 0.29) is 11.3 Å². The summed E-state index contributed by atoms with van der Waals surface area (Å²) in [5.74, 6) is 0.214. The van der Waals surface area contributed by atoms with Gasteiger partial charge in [-0.1, -0.05) is 6.42 Å². The van der Waals surface area contributed by atoms with E-state index in [4.69, 9.17) is 0 Å². The van der Waals surface area contributed by atoms with Crippen molar-refractivity contribution < 1.29 is 4.79 Å². The van der Waals surface area contributed by atoms with E-state index in [2.05, 4.69) is 22.4 Å². The van der Waals surface area contributed by atoms with E-state index >= 15 is 0 Å². The monoisotopic (exact) mass is 304 g/mol. The van der Waals surface area contributed by atoms with E-state index in [9.17, 15) is 4.79 Å². The summed E-state index contributed by atoms with van der Waals surface area (Å²) in [6.45, 7) is 2.90. The number of piperidine rings is 1. The highest BCUT2D eigenvalue weighted by Crippen LogP contribution is 2.46. The van der Waals surface area contributed by atoms with E-state index in [0.717, 1.165) is 19.5 Å². The number of nitrogens with zero attached hydrogens (tertiary/aromatic N) is 3. The van der Waals surface area contributed by atoms with Crippen molar-refractivity contribution in [1.82, 2.24) is 20.0 Å². The summed E-state index contributed by atoms with van der Waals surface area (Å²) in [6.07, 6.45) is 11.7. The molecule has 1 aliphatic heterocycles. The Labute approximate surface area is 133 Å². The molecule has 1 saturated heterocycles. The summed E-state index contributed by atoms with van der Waals surface area (Å²) in [6, 6.07) is 2.55. The Kier molecular flexibility index (Phi) is 4.81. The van der Waals surface area contributed by atoms with Crippen LogP contribution < -0.4 is 5.32 Å². The minimum Gasteiger partial charge on any atom is -0.355 e. The largest absolute Gasteiger partial charge is 0.355 e. The average molecular weight is 304 g/mol. The van der Waals surface area contributed by atoms with Crippen LogP contribution in [0.4, 0.5) is 0 Å². The molecule has 1 N–H and O–H groups in total. The first kappa shape index (κ1) is 15.5. The van der Waals surface area contributed by atoms with Crippen LogP contribution in [0.2, 0.25) is 0 Å². The Hall–Kier alpha value is -1.36. The van der Waals surface area contributed by atoms with Gasteiger partial charge in [0.1, 0.15) is 0 Å². The molecule has 2 fully saturated rings. The Bertz CT molecular complexity index is 481. The zero-order valence-electron chi connectivity index (χ0n) is 13.6. The fourth-order valence-electron chi connectivity index (χ4n) is 3.49. The third kappa shape index (κ3) is 4.09. The molecular weight excluding hydrogens is 276 g/mol. The molecule has 22 heavy (non-hydrogen) atoms. The molecule has 2 aliphatic rings. The lowest BCUT2D eigenvalue weighted by molar-refractivity contribution is -0.121. The van der Waals surface area contributed by atoms with Crippen LogP contribution in [-0.2, 0) is 11.3 Å². The van der Waals surface area contributed by atoms with Crippen LogP contribution in [0.25, 0.3) is 0 Å². The fourth-order valence-corrected chi connectivity index (χ4v) is 3.49. The molecule has 1 aromatic rings. The zero-order valence-corrected chi connectivity index (χ0v) is 13.6. The lowest BCUT2D eigenvalue weighted by Crippen LogP contribution is -2.38. The van der Waals surface area contributed by atoms with Crippen molar-refractivity contribution in [2.24, 2.45) is 5.41 Å². The van der Waals surface area contributed by atoms with Gasteiger partial charge in [0.25, 0.3) is 0 Å². The van der Waals surface area contributed by atoms with E-state index in [1.54, 1.807) is 0 Å². The maximum Gasteiger partial charge on any atom is 0.220 e. The van der Waals surface area contributed by atoms with Crippen LogP contribution in [0, 0.1) is 5.41 Å². The van der Waals surface area contributed by atoms with Gasteiger partial charge in [-0.05, 0) is 51.8 Å². The first-order valence-corrected chi connectivity index (χ1v) is 8.61. The summed E-state index contributed by atoms with van der Waals surface area (Å²) >= 11 is 0. The van der Waals surface area contributed by atoms with E-state index in [1.165, 1.54) is 38.6 Å². The zero-order chi connectivity index (χ0) is 15.4. The van der Waals surface area contributed by atoms with Crippen LogP contribution >= 0.6 is 0 Å². The molecule has 3 rings (SSSR count). The van der Waals surface area contributed by atoms with Gasteiger partial charge in [-0.2, -0.15) is 5.10 Å². The minimum absolute atomic E-state index is 0.214. The average Bonchev–Trinajstić information content (AvgIpc) is 3.08. The van der Waals surface area contributed by atoms with Gasteiger partial charge < -0.3 is 10.2 Å². The number of amides is 1. The Morgan fingerprint density at radius 3 is 2.95 bits per heavy atom. The van der Waals surface area contributed by atoms with Gasteiger partial charge in [-0.25, -0.2) is 0 Å². The lowest BCUT2D eigenvalue weighted by atomic mass is 9.98. The molecule has 1 saturated carbocycles. The summed E-state index contributed by atoms with van der Waals surface area (Å²) in [4.78, 5) is 14.5. The highest BCUT2D eigenvalue weighted by atomic mass is 16.1. The SMILES string of the molecule is CN1CCCC[C@@H]1CCC(=O)NCC1(Cn2cccn2)CC1. The lowest BCUT2D eigenvalue weighted by Gasteiger charge is -2.32. The van der Waals surface area contributed by atoms with Gasteiger partial charge in [-0.15, -0.1) is 0 Å². The molecule has 1 amide bonds. The maximum absolute atomic E-state index is 12.1. The van der Waals surface area contributed by atoms with Crippen molar-refractivity contribution in [3.63, 3.8) is 0 Å². The van der Waals surface area contributed by atoms with Crippen molar-refractivity contribution in [2.45, 2.75) is 57.5 Å². The first-order valence-electron chi connectivity index (χ1n) is 8.61. The third-order valence-electron chi connectivity index (χ3n) is 5.30. The first-order chi connectivity index (χ1) is 10.7. The van der Waals surface area contributed by atoms with Crippen LogP contribution in [0.3, 0.4) is 0 Å². The van der Waals surface area contributed by atoms with Crippen LogP contribution in [0.15, 0.2) is 18.5 Å². The number of hydrogen-bond donors (Lipinski definition) is 1. The second-order valence-corrected chi connectivity index (χ2v) is 7.15. The molecule has 0 unspecified atom stereocenters. The quantitative estimate of drug-likeness (QED) is 0.839. The third-order valence-corrected chi connectivity index (χ3v) is 5.30. The number of nitrogens with one attached hydrogen (secondary N) is 1. The van der Waals surface area contributed by atoms with E-state index in [0.29, 0.717) is 12.5 Å². The molecule has 0 aromatic carbocycles. The smallest absolute Gasteiger partial charge is 0.220 e.